The Morgan fingerprint density at radius 2 is 1.83 bits per heavy atom. The molecule has 0 N–H and O–H groups in total. The van der Waals surface area contributed by atoms with Gasteiger partial charge < -0.3 is 9.80 Å². The zero-order valence-electron chi connectivity index (χ0n) is 13.3. The van der Waals surface area contributed by atoms with Crippen LogP contribution < -0.4 is 0 Å². The number of piperidine rings is 3. The number of fused-ring (bicyclic) bond motifs is 3. The molecule has 1 aromatic heterocycles. The molecule has 0 aliphatic carbocycles. The fraction of sp³-hybridized carbons (Fsp3) is 0.647. The van der Waals surface area contributed by atoms with Gasteiger partial charge in [0.25, 0.3) is 5.91 Å². The number of piperazine rings is 1. The second-order valence-electron chi connectivity index (χ2n) is 6.93. The molecule has 124 valence electrons. The third-order valence-corrected chi connectivity index (χ3v) is 5.64. The number of aromatic nitrogens is 1. The zero-order chi connectivity index (χ0) is 15.8. The average molecular weight is 318 g/mol. The summed E-state index contributed by atoms with van der Waals surface area (Å²) in [7, 11) is 0. The normalized spacial score (nSPS) is 31.3. The van der Waals surface area contributed by atoms with Crippen molar-refractivity contribution in [1.82, 2.24) is 19.7 Å². The van der Waals surface area contributed by atoms with Crippen LogP contribution in [-0.2, 0) is 0 Å². The van der Waals surface area contributed by atoms with E-state index >= 15 is 0 Å². The first kappa shape index (κ1) is 15.0. The number of amides is 1. The van der Waals surface area contributed by atoms with Crippen molar-refractivity contribution >= 4 is 5.91 Å². The monoisotopic (exact) mass is 318 g/mol. The van der Waals surface area contributed by atoms with Gasteiger partial charge in [-0.2, -0.15) is 0 Å². The maximum Gasteiger partial charge on any atom is 0.255 e. The van der Waals surface area contributed by atoms with Crippen LogP contribution in [0.3, 0.4) is 0 Å². The Hall–Kier alpha value is -1.53. The quantitative estimate of drug-likeness (QED) is 0.818. The highest BCUT2D eigenvalue weighted by atomic mass is 19.1. The van der Waals surface area contributed by atoms with Crippen molar-refractivity contribution < 1.29 is 9.18 Å². The summed E-state index contributed by atoms with van der Waals surface area (Å²) in [6.07, 6.45) is 5.21. The van der Waals surface area contributed by atoms with Crippen LogP contribution in [0.4, 0.5) is 4.39 Å². The molecule has 1 amide bonds. The molecule has 0 aromatic carbocycles. The molecular formula is C17H23FN4O. The van der Waals surface area contributed by atoms with E-state index in [1.165, 1.54) is 44.7 Å². The van der Waals surface area contributed by atoms with Gasteiger partial charge in [-0.3, -0.25) is 14.7 Å². The van der Waals surface area contributed by atoms with Crippen LogP contribution in [0.15, 0.2) is 18.5 Å². The zero-order valence-corrected chi connectivity index (χ0v) is 13.3. The van der Waals surface area contributed by atoms with Gasteiger partial charge in [-0.05, 0) is 37.9 Å². The highest BCUT2D eigenvalue weighted by Gasteiger charge is 2.38. The van der Waals surface area contributed by atoms with Gasteiger partial charge in [-0.1, -0.05) is 0 Å². The van der Waals surface area contributed by atoms with Crippen molar-refractivity contribution in [3.05, 3.63) is 29.8 Å². The topological polar surface area (TPSA) is 39.7 Å². The first-order chi connectivity index (χ1) is 11.2. The molecule has 1 aromatic rings. The van der Waals surface area contributed by atoms with Crippen molar-refractivity contribution in [2.75, 3.05) is 45.8 Å². The maximum atomic E-state index is 13.2. The number of rotatable bonds is 2. The Morgan fingerprint density at radius 1 is 1.09 bits per heavy atom. The Kier molecular flexibility index (Phi) is 4.03. The van der Waals surface area contributed by atoms with Crippen molar-refractivity contribution in [3.8, 4) is 0 Å². The molecule has 5 nitrogen and oxygen atoms in total. The Morgan fingerprint density at radius 3 is 2.43 bits per heavy atom. The summed E-state index contributed by atoms with van der Waals surface area (Å²) in [5, 5.41) is 0. The molecule has 4 saturated heterocycles. The second-order valence-corrected chi connectivity index (χ2v) is 6.93. The average Bonchev–Trinajstić information content (AvgIpc) is 2.62. The van der Waals surface area contributed by atoms with Crippen molar-refractivity contribution in [2.24, 2.45) is 5.92 Å². The molecule has 0 unspecified atom stereocenters. The molecule has 2 bridgehead atoms. The number of pyridine rings is 1. The summed E-state index contributed by atoms with van der Waals surface area (Å²) in [6.45, 7) is 6.98. The first-order valence-corrected chi connectivity index (χ1v) is 8.57. The molecule has 5 heterocycles. The van der Waals surface area contributed by atoms with E-state index in [0.717, 1.165) is 38.3 Å². The van der Waals surface area contributed by atoms with E-state index in [4.69, 9.17) is 0 Å². The number of hydrogen-bond acceptors (Lipinski definition) is 4. The van der Waals surface area contributed by atoms with Gasteiger partial charge in [0.05, 0.1) is 11.8 Å². The maximum absolute atomic E-state index is 13.2. The fourth-order valence-corrected chi connectivity index (χ4v) is 4.32. The number of hydrogen-bond donors (Lipinski definition) is 0. The molecule has 23 heavy (non-hydrogen) atoms. The molecule has 6 heteroatoms. The highest BCUT2D eigenvalue weighted by molar-refractivity contribution is 5.94. The van der Waals surface area contributed by atoms with E-state index < -0.39 is 5.82 Å². The summed E-state index contributed by atoms with van der Waals surface area (Å²) < 4.78 is 13.2. The molecule has 4 aliphatic heterocycles. The number of carbonyl (C=O) groups excluding carboxylic acids is 1. The fourth-order valence-electron chi connectivity index (χ4n) is 4.32. The molecule has 4 aliphatic rings. The largest absolute Gasteiger partial charge is 0.336 e. The minimum atomic E-state index is -0.457. The van der Waals surface area contributed by atoms with Crippen LogP contribution in [0.5, 0.6) is 0 Å². The van der Waals surface area contributed by atoms with Crippen LogP contribution in [0.25, 0.3) is 0 Å². The van der Waals surface area contributed by atoms with E-state index in [9.17, 15) is 9.18 Å². The van der Waals surface area contributed by atoms with Gasteiger partial charge in [0.1, 0.15) is 5.82 Å². The lowest BCUT2D eigenvalue weighted by Crippen LogP contribution is -2.61. The number of halogens is 1. The molecule has 4 fully saturated rings. The number of carbonyl (C=O) groups is 1. The van der Waals surface area contributed by atoms with Crippen LogP contribution in [0.2, 0.25) is 0 Å². The summed E-state index contributed by atoms with van der Waals surface area (Å²) in [5.41, 5.74) is 0.348. The third-order valence-electron chi connectivity index (χ3n) is 5.64. The Bertz CT molecular complexity index is 580. The molecule has 0 spiro atoms. The SMILES string of the molecule is O=C(c1cncc(F)c1)N1CCN([C@@H]2CN3CCC2CC3)CC1. The highest BCUT2D eigenvalue weighted by Crippen LogP contribution is 2.31. The van der Waals surface area contributed by atoms with Crippen molar-refractivity contribution in [1.29, 1.82) is 0 Å². The first-order valence-electron chi connectivity index (χ1n) is 8.57. The predicted octanol–water partition coefficient (Wildman–Crippen LogP) is 1.07. The Balaban J connectivity index is 1.36. The Labute approximate surface area is 136 Å². The summed E-state index contributed by atoms with van der Waals surface area (Å²) >= 11 is 0. The summed E-state index contributed by atoms with van der Waals surface area (Å²) in [6, 6.07) is 1.93. The van der Waals surface area contributed by atoms with E-state index in [1.54, 1.807) is 0 Å². The third kappa shape index (κ3) is 2.97. The molecular weight excluding hydrogens is 295 g/mol. The van der Waals surface area contributed by atoms with Crippen LogP contribution in [-0.4, -0.2) is 77.4 Å². The van der Waals surface area contributed by atoms with E-state index in [-0.39, 0.29) is 5.91 Å². The van der Waals surface area contributed by atoms with E-state index in [0.29, 0.717) is 11.6 Å². The summed E-state index contributed by atoms with van der Waals surface area (Å²) in [5.74, 6) is 0.266. The molecule has 0 radical (unpaired) electrons. The van der Waals surface area contributed by atoms with Gasteiger partial charge in [-0.25, -0.2) is 4.39 Å². The van der Waals surface area contributed by atoms with Crippen molar-refractivity contribution in [2.45, 2.75) is 18.9 Å². The van der Waals surface area contributed by atoms with Crippen LogP contribution >= 0.6 is 0 Å². The molecule has 1 atom stereocenters. The lowest BCUT2D eigenvalue weighted by Gasteiger charge is -2.51. The standard InChI is InChI=1S/C17H23FN4O/c18-15-9-14(10-19-11-15)17(23)22-7-5-21(6-8-22)16-12-20-3-1-13(16)2-4-20/h9-11,13,16H,1-8,12H2/t16-/m1/s1. The van der Waals surface area contributed by atoms with Crippen LogP contribution in [0.1, 0.15) is 23.2 Å². The van der Waals surface area contributed by atoms with Crippen LogP contribution in [0, 0.1) is 11.7 Å². The van der Waals surface area contributed by atoms with E-state index in [1.807, 2.05) is 4.90 Å². The van der Waals surface area contributed by atoms with Gasteiger partial charge in [0.2, 0.25) is 0 Å². The predicted molar refractivity (Wildman–Crippen MR) is 84.6 cm³/mol. The summed E-state index contributed by atoms with van der Waals surface area (Å²) in [4.78, 5) is 23.2. The molecule has 5 rings (SSSR count). The molecule has 0 saturated carbocycles. The van der Waals surface area contributed by atoms with E-state index in [2.05, 4.69) is 14.8 Å². The van der Waals surface area contributed by atoms with Gasteiger partial charge in [0, 0.05) is 45.0 Å². The minimum absolute atomic E-state index is 0.106. The minimum Gasteiger partial charge on any atom is -0.336 e. The smallest absolute Gasteiger partial charge is 0.255 e. The van der Waals surface area contributed by atoms with Gasteiger partial charge >= 0.3 is 0 Å². The lowest BCUT2D eigenvalue weighted by atomic mass is 9.83. The lowest BCUT2D eigenvalue weighted by molar-refractivity contribution is -0.0131. The van der Waals surface area contributed by atoms with Gasteiger partial charge in [0.15, 0.2) is 0 Å². The number of nitrogens with zero attached hydrogens (tertiary/aromatic N) is 4. The second kappa shape index (κ2) is 6.17. The van der Waals surface area contributed by atoms with Crippen molar-refractivity contribution in [3.63, 3.8) is 0 Å². The van der Waals surface area contributed by atoms with Gasteiger partial charge in [-0.15, -0.1) is 0 Å².